The Balaban J connectivity index is 2.47. The van der Waals surface area contributed by atoms with Crippen LogP contribution < -0.4 is 10.1 Å². The number of hydrogen-bond donors (Lipinski definition) is 2. The van der Waals surface area contributed by atoms with Crippen LogP contribution in [-0.2, 0) is 14.3 Å². The Morgan fingerprint density at radius 3 is 2.58 bits per heavy atom. The number of carboxylic acid groups (broad SMARTS) is 1. The molecule has 0 heterocycles. The average molecular weight is 362 g/mol. The highest BCUT2D eigenvalue weighted by molar-refractivity contribution is 6.30. The lowest BCUT2D eigenvalue weighted by Gasteiger charge is -2.21. The van der Waals surface area contributed by atoms with Gasteiger partial charge < -0.3 is 19.9 Å². The molecule has 0 bridgehead atoms. The molecule has 1 aromatic rings. The molecule has 134 valence electrons. The van der Waals surface area contributed by atoms with Crippen molar-refractivity contribution in [3.05, 3.63) is 29.0 Å². The number of carboxylic acids is 1. The highest BCUT2D eigenvalue weighted by Gasteiger charge is 2.21. The minimum Gasteiger partial charge on any atom is -0.484 e. The van der Waals surface area contributed by atoms with Crippen molar-refractivity contribution in [2.45, 2.75) is 38.8 Å². The van der Waals surface area contributed by atoms with Gasteiger partial charge in [-0.25, -0.2) is 9.18 Å². The summed E-state index contributed by atoms with van der Waals surface area (Å²) in [6.07, 6.45) is 0.126. The van der Waals surface area contributed by atoms with Crippen LogP contribution in [0.25, 0.3) is 0 Å². The first-order chi connectivity index (χ1) is 11.1. The zero-order valence-corrected chi connectivity index (χ0v) is 14.5. The van der Waals surface area contributed by atoms with Crippen molar-refractivity contribution in [2.75, 3.05) is 13.2 Å². The normalized spacial score (nSPS) is 12.5. The van der Waals surface area contributed by atoms with Crippen molar-refractivity contribution >= 4 is 23.5 Å². The minimum atomic E-state index is -1.16. The van der Waals surface area contributed by atoms with Gasteiger partial charge in [0.15, 0.2) is 6.61 Å². The Morgan fingerprint density at radius 1 is 1.38 bits per heavy atom. The van der Waals surface area contributed by atoms with Crippen molar-refractivity contribution in [3.8, 4) is 5.75 Å². The highest BCUT2D eigenvalue weighted by Crippen LogP contribution is 2.20. The molecule has 1 amide bonds. The third-order valence-electron chi connectivity index (χ3n) is 2.84. The van der Waals surface area contributed by atoms with E-state index in [0.29, 0.717) is 0 Å². The third kappa shape index (κ3) is 7.61. The summed E-state index contributed by atoms with van der Waals surface area (Å²) in [6.45, 7) is 5.33. The molecule has 0 radical (unpaired) electrons. The summed E-state index contributed by atoms with van der Waals surface area (Å²) in [5, 5.41) is 11.4. The SMILES string of the molecule is CC(C)(C)OCCC(NC(=O)COc1ccc(F)c(Cl)c1)C(=O)O. The molecule has 6 nitrogen and oxygen atoms in total. The van der Waals surface area contributed by atoms with Crippen molar-refractivity contribution in [2.24, 2.45) is 0 Å². The van der Waals surface area contributed by atoms with Gasteiger partial charge in [0.1, 0.15) is 17.6 Å². The molecule has 0 spiro atoms. The van der Waals surface area contributed by atoms with Crippen LogP contribution in [0.4, 0.5) is 4.39 Å². The van der Waals surface area contributed by atoms with E-state index in [1.807, 2.05) is 20.8 Å². The number of nitrogens with one attached hydrogen (secondary N) is 1. The molecular weight excluding hydrogens is 341 g/mol. The molecule has 0 aromatic heterocycles. The second-order valence-corrected chi connectivity index (χ2v) is 6.48. The molecule has 0 aliphatic rings. The van der Waals surface area contributed by atoms with Gasteiger partial charge in [0.05, 0.1) is 10.6 Å². The second-order valence-electron chi connectivity index (χ2n) is 6.07. The molecule has 0 saturated carbocycles. The van der Waals surface area contributed by atoms with Crippen LogP contribution >= 0.6 is 11.6 Å². The van der Waals surface area contributed by atoms with E-state index in [9.17, 15) is 14.0 Å². The summed E-state index contributed by atoms with van der Waals surface area (Å²) in [6, 6.07) is 2.58. The zero-order chi connectivity index (χ0) is 18.3. The van der Waals surface area contributed by atoms with Crippen molar-refractivity contribution in [3.63, 3.8) is 0 Å². The molecule has 8 heteroatoms. The summed E-state index contributed by atoms with van der Waals surface area (Å²) in [5.41, 5.74) is -0.391. The molecule has 1 rings (SSSR count). The lowest BCUT2D eigenvalue weighted by Crippen LogP contribution is -2.44. The number of ether oxygens (including phenoxy) is 2. The number of rotatable bonds is 8. The van der Waals surface area contributed by atoms with Crippen molar-refractivity contribution < 1.29 is 28.6 Å². The largest absolute Gasteiger partial charge is 0.484 e. The van der Waals surface area contributed by atoms with Crippen LogP contribution in [0, 0.1) is 5.82 Å². The van der Waals surface area contributed by atoms with Gasteiger partial charge in [0.25, 0.3) is 5.91 Å². The minimum absolute atomic E-state index is 0.126. The van der Waals surface area contributed by atoms with Gasteiger partial charge in [-0.15, -0.1) is 0 Å². The predicted molar refractivity (Wildman–Crippen MR) is 86.8 cm³/mol. The average Bonchev–Trinajstić information content (AvgIpc) is 2.46. The number of amides is 1. The number of halogens is 2. The van der Waals surface area contributed by atoms with Gasteiger partial charge in [-0.3, -0.25) is 4.79 Å². The molecule has 2 N–H and O–H groups in total. The maximum atomic E-state index is 13.0. The van der Waals surface area contributed by atoms with Gasteiger partial charge in [-0.05, 0) is 32.9 Å². The first-order valence-electron chi connectivity index (χ1n) is 7.32. The van der Waals surface area contributed by atoms with Crippen LogP contribution in [0.15, 0.2) is 18.2 Å². The molecule has 0 aliphatic heterocycles. The monoisotopic (exact) mass is 361 g/mol. The number of aliphatic carboxylic acids is 1. The Hall–Kier alpha value is -1.86. The van der Waals surface area contributed by atoms with Gasteiger partial charge in [-0.1, -0.05) is 11.6 Å². The molecule has 0 fully saturated rings. The zero-order valence-electron chi connectivity index (χ0n) is 13.8. The first kappa shape index (κ1) is 20.2. The summed E-state index contributed by atoms with van der Waals surface area (Å²) >= 11 is 5.60. The van der Waals surface area contributed by atoms with E-state index in [-0.39, 0.29) is 23.8 Å². The Morgan fingerprint density at radius 2 is 2.04 bits per heavy atom. The molecule has 1 atom stereocenters. The smallest absolute Gasteiger partial charge is 0.326 e. The van der Waals surface area contributed by atoms with Crippen LogP contribution in [0.5, 0.6) is 5.75 Å². The summed E-state index contributed by atoms with van der Waals surface area (Å²) in [7, 11) is 0. The van der Waals surface area contributed by atoms with E-state index in [4.69, 9.17) is 26.2 Å². The topological polar surface area (TPSA) is 84.9 Å². The van der Waals surface area contributed by atoms with Gasteiger partial charge in [0.2, 0.25) is 0 Å². The van der Waals surface area contributed by atoms with Gasteiger partial charge >= 0.3 is 5.97 Å². The fourth-order valence-corrected chi connectivity index (χ4v) is 1.86. The first-order valence-corrected chi connectivity index (χ1v) is 7.70. The summed E-state index contributed by atoms with van der Waals surface area (Å²) < 4.78 is 23.6. The highest BCUT2D eigenvalue weighted by atomic mass is 35.5. The fraction of sp³-hybridized carbons (Fsp3) is 0.500. The molecule has 0 saturated heterocycles. The predicted octanol–water partition coefficient (Wildman–Crippen LogP) is 2.63. The molecule has 1 unspecified atom stereocenters. The van der Waals surface area contributed by atoms with E-state index in [1.54, 1.807) is 0 Å². The van der Waals surface area contributed by atoms with E-state index in [0.717, 1.165) is 6.07 Å². The Labute approximate surface area is 144 Å². The maximum Gasteiger partial charge on any atom is 0.326 e. The fourth-order valence-electron chi connectivity index (χ4n) is 1.69. The van der Waals surface area contributed by atoms with E-state index >= 15 is 0 Å². The quantitative estimate of drug-likeness (QED) is 0.743. The lowest BCUT2D eigenvalue weighted by atomic mass is 10.2. The maximum absolute atomic E-state index is 13.0. The van der Waals surface area contributed by atoms with Crippen molar-refractivity contribution in [1.82, 2.24) is 5.32 Å². The van der Waals surface area contributed by atoms with E-state index in [2.05, 4.69) is 5.32 Å². The Bertz CT molecular complexity index is 588. The number of carbonyl (C=O) groups excluding carboxylic acids is 1. The van der Waals surface area contributed by atoms with Crippen LogP contribution in [0.1, 0.15) is 27.2 Å². The Kier molecular flexibility index (Phi) is 7.44. The number of carbonyl (C=O) groups is 2. The van der Waals surface area contributed by atoms with Gasteiger partial charge in [0, 0.05) is 19.1 Å². The summed E-state index contributed by atoms with van der Waals surface area (Å²) in [5.74, 6) is -2.16. The number of hydrogen-bond acceptors (Lipinski definition) is 4. The molecular formula is C16H21ClFNO5. The van der Waals surface area contributed by atoms with Crippen LogP contribution in [0.3, 0.4) is 0 Å². The van der Waals surface area contributed by atoms with Crippen LogP contribution in [0.2, 0.25) is 5.02 Å². The van der Waals surface area contributed by atoms with E-state index in [1.165, 1.54) is 12.1 Å². The van der Waals surface area contributed by atoms with Crippen molar-refractivity contribution in [1.29, 1.82) is 0 Å². The lowest BCUT2D eigenvalue weighted by molar-refractivity contribution is -0.143. The number of benzene rings is 1. The van der Waals surface area contributed by atoms with Gasteiger partial charge in [-0.2, -0.15) is 0 Å². The third-order valence-corrected chi connectivity index (χ3v) is 3.13. The molecule has 24 heavy (non-hydrogen) atoms. The van der Waals surface area contributed by atoms with Crippen LogP contribution in [-0.4, -0.2) is 41.8 Å². The molecule has 0 aliphatic carbocycles. The summed E-state index contributed by atoms with van der Waals surface area (Å²) in [4.78, 5) is 23.0. The van der Waals surface area contributed by atoms with E-state index < -0.39 is 35.9 Å². The second kappa shape index (κ2) is 8.84. The molecule has 1 aromatic carbocycles. The standard InChI is InChI=1S/C16H21ClFNO5/c1-16(2,3)24-7-6-13(15(21)22)19-14(20)9-23-10-4-5-12(18)11(17)8-10/h4-5,8,13H,6-7,9H2,1-3H3,(H,19,20)(H,21,22).